The van der Waals surface area contributed by atoms with Crippen LogP contribution in [0.2, 0.25) is 0 Å². The molecule has 2 aliphatic rings. The molecule has 0 atom stereocenters. The standard InChI is InChI=1S/C15H29OP/c1-2-3-8-13-17(16,14-9-4-5-10-14)15-11-6-7-12-15/h14-15H,2-13H2,1H3. The van der Waals surface area contributed by atoms with Crippen LogP contribution in [-0.2, 0) is 4.57 Å². The molecule has 2 saturated carbocycles. The molecule has 0 aromatic rings. The molecule has 0 saturated heterocycles. The Kier molecular flexibility index (Phi) is 5.15. The maximum atomic E-state index is 13.5. The van der Waals surface area contributed by atoms with E-state index in [1.807, 2.05) is 0 Å². The van der Waals surface area contributed by atoms with Crippen LogP contribution in [-0.4, -0.2) is 17.5 Å². The summed E-state index contributed by atoms with van der Waals surface area (Å²) in [7, 11) is -1.84. The highest BCUT2D eigenvalue weighted by molar-refractivity contribution is 7.65. The van der Waals surface area contributed by atoms with Crippen molar-refractivity contribution in [2.24, 2.45) is 0 Å². The summed E-state index contributed by atoms with van der Waals surface area (Å²) >= 11 is 0. The highest BCUT2D eigenvalue weighted by Gasteiger charge is 2.41. The third kappa shape index (κ3) is 3.16. The summed E-state index contributed by atoms with van der Waals surface area (Å²) in [5.74, 6) is 0. The average Bonchev–Trinajstić information content (AvgIpc) is 3.02. The maximum Gasteiger partial charge on any atom is 0.0935 e. The van der Waals surface area contributed by atoms with Crippen molar-refractivity contribution in [3.05, 3.63) is 0 Å². The lowest BCUT2D eigenvalue weighted by atomic mass is 10.3. The largest absolute Gasteiger partial charge is 0.323 e. The molecule has 0 heterocycles. The first-order valence-corrected chi connectivity index (χ1v) is 9.89. The van der Waals surface area contributed by atoms with Crippen LogP contribution in [0, 0.1) is 0 Å². The van der Waals surface area contributed by atoms with Crippen LogP contribution in [0.15, 0.2) is 0 Å². The van der Waals surface area contributed by atoms with Crippen LogP contribution in [0.1, 0.15) is 77.6 Å². The van der Waals surface area contributed by atoms with Crippen LogP contribution in [0.3, 0.4) is 0 Å². The van der Waals surface area contributed by atoms with E-state index in [2.05, 4.69) is 6.92 Å². The van der Waals surface area contributed by atoms with Gasteiger partial charge in [-0.2, -0.15) is 0 Å². The molecule has 100 valence electrons. The van der Waals surface area contributed by atoms with Gasteiger partial charge in [-0.05, 0) is 32.1 Å². The first-order valence-electron chi connectivity index (χ1n) is 7.86. The van der Waals surface area contributed by atoms with E-state index in [9.17, 15) is 4.57 Å². The van der Waals surface area contributed by atoms with Gasteiger partial charge in [0.25, 0.3) is 0 Å². The summed E-state index contributed by atoms with van der Waals surface area (Å²) in [6.07, 6.45) is 15.3. The Hall–Kier alpha value is 0.230. The Morgan fingerprint density at radius 1 is 0.882 bits per heavy atom. The third-order valence-electron chi connectivity index (χ3n) is 5.00. The lowest BCUT2D eigenvalue weighted by Gasteiger charge is -2.30. The Labute approximate surface area is 107 Å². The lowest BCUT2D eigenvalue weighted by molar-refractivity contribution is 0.545. The van der Waals surface area contributed by atoms with Crippen molar-refractivity contribution in [2.75, 3.05) is 6.16 Å². The van der Waals surface area contributed by atoms with E-state index in [0.29, 0.717) is 11.3 Å². The lowest BCUT2D eigenvalue weighted by Crippen LogP contribution is -2.17. The van der Waals surface area contributed by atoms with E-state index in [-0.39, 0.29) is 0 Å². The molecule has 2 aliphatic carbocycles. The van der Waals surface area contributed by atoms with E-state index in [1.165, 1.54) is 70.6 Å². The fourth-order valence-corrected chi connectivity index (χ4v) is 8.48. The molecule has 0 unspecified atom stereocenters. The van der Waals surface area contributed by atoms with Crippen molar-refractivity contribution in [2.45, 2.75) is 88.9 Å². The molecule has 0 aromatic heterocycles. The maximum absolute atomic E-state index is 13.5. The zero-order valence-electron chi connectivity index (χ0n) is 11.5. The second-order valence-corrected chi connectivity index (χ2v) is 9.78. The van der Waals surface area contributed by atoms with Crippen molar-refractivity contribution in [1.82, 2.24) is 0 Å². The van der Waals surface area contributed by atoms with Crippen molar-refractivity contribution in [1.29, 1.82) is 0 Å². The minimum Gasteiger partial charge on any atom is -0.323 e. The molecule has 0 aromatic carbocycles. The summed E-state index contributed by atoms with van der Waals surface area (Å²) in [6.45, 7) is 2.25. The molecule has 0 spiro atoms. The molecule has 0 N–H and O–H groups in total. The average molecular weight is 256 g/mol. The summed E-state index contributed by atoms with van der Waals surface area (Å²) in [4.78, 5) is 0. The molecular weight excluding hydrogens is 227 g/mol. The van der Waals surface area contributed by atoms with Crippen LogP contribution in [0.25, 0.3) is 0 Å². The fourth-order valence-electron chi connectivity index (χ4n) is 3.95. The minimum atomic E-state index is -1.84. The number of rotatable bonds is 6. The SMILES string of the molecule is CCCCCP(=O)(C1CCCC1)C1CCCC1. The Morgan fingerprint density at radius 3 is 1.76 bits per heavy atom. The van der Waals surface area contributed by atoms with Crippen molar-refractivity contribution >= 4 is 7.14 Å². The smallest absolute Gasteiger partial charge is 0.0935 e. The number of unbranched alkanes of at least 4 members (excludes halogenated alkanes) is 2. The van der Waals surface area contributed by atoms with Crippen LogP contribution in [0.5, 0.6) is 0 Å². The minimum absolute atomic E-state index is 0.627. The monoisotopic (exact) mass is 256 g/mol. The van der Waals surface area contributed by atoms with Crippen LogP contribution >= 0.6 is 7.14 Å². The topological polar surface area (TPSA) is 17.1 Å². The Bertz CT molecular complexity index is 242. The first kappa shape index (κ1) is 13.7. The van der Waals surface area contributed by atoms with Gasteiger partial charge >= 0.3 is 0 Å². The fraction of sp³-hybridized carbons (Fsp3) is 1.00. The van der Waals surface area contributed by atoms with E-state index in [0.717, 1.165) is 6.16 Å². The molecule has 17 heavy (non-hydrogen) atoms. The number of hydrogen-bond acceptors (Lipinski definition) is 1. The molecule has 2 rings (SSSR count). The Morgan fingerprint density at radius 2 is 1.35 bits per heavy atom. The van der Waals surface area contributed by atoms with Crippen molar-refractivity contribution in [3.63, 3.8) is 0 Å². The van der Waals surface area contributed by atoms with Crippen LogP contribution in [0.4, 0.5) is 0 Å². The van der Waals surface area contributed by atoms with Gasteiger partial charge in [0.15, 0.2) is 0 Å². The number of hydrogen-bond donors (Lipinski definition) is 0. The summed E-state index contributed by atoms with van der Waals surface area (Å²) < 4.78 is 13.5. The predicted octanol–water partition coefficient (Wildman–Crippen LogP) is 5.42. The first-order chi connectivity index (χ1) is 8.27. The quantitative estimate of drug-likeness (QED) is 0.458. The van der Waals surface area contributed by atoms with Gasteiger partial charge in [-0.3, -0.25) is 0 Å². The summed E-state index contributed by atoms with van der Waals surface area (Å²) in [5, 5.41) is 0. The van der Waals surface area contributed by atoms with E-state index in [1.54, 1.807) is 0 Å². The molecule has 0 bridgehead atoms. The van der Waals surface area contributed by atoms with Gasteiger partial charge in [-0.1, -0.05) is 45.4 Å². The van der Waals surface area contributed by atoms with Gasteiger partial charge in [0.05, 0.1) is 7.14 Å². The van der Waals surface area contributed by atoms with Crippen molar-refractivity contribution < 1.29 is 4.57 Å². The second-order valence-electron chi connectivity index (χ2n) is 6.16. The van der Waals surface area contributed by atoms with Gasteiger partial charge < -0.3 is 4.57 Å². The molecule has 0 amide bonds. The second kappa shape index (κ2) is 6.41. The van der Waals surface area contributed by atoms with Gasteiger partial charge in [0.2, 0.25) is 0 Å². The van der Waals surface area contributed by atoms with E-state index in [4.69, 9.17) is 0 Å². The molecule has 0 aliphatic heterocycles. The highest BCUT2D eigenvalue weighted by Crippen LogP contribution is 2.64. The molecule has 2 fully saturated rings. The van der Waals surface area contributed by atoms with Crippen molar-refractivity contribution in [3.8, 4) is 0 Å². The molecule has 2 heteroatoms. The molecule has 0 radical (unpaired) electrons. The van der Waals surface area contributed by atoms with Gasteiger partial charge in [0, 0.05) is 17.5 Å². The predicted molar refractivity (Wildman–Crippen MR) is 76.5 cm³/mol. The van der Waals surface area contributed by atoms with Crippen LogP contribution < -0.4 is 0 Å². The van der Waals surface area contributed by atoms with Gasteiger partial charge in [0.1, 0.15) is 0 Å². The summed E-state index contributed by atoms with van der Waals surface area (Å²) in [5.41, 5.74) is 1.25. The van der Waals surface area contributed by atoms with Gasteiger partial charge in [-0.25, -0.2) is 0 Å². The normalized spacial score (nSPS) is 23.6. The Balaban J connectivity index is 2.01. The zero-order chi connectivity index (χ0) is 12.1. The molecule has 1 nitrogen and oxygen atoms in total. The highest BCUT2D eigenvalue weighted by atomic mass is 31.2. The van der Waals surface area contributed by atoms with E-state index < -0.39 is 7.14 Å². The summed E-state index contributed by atoms with van der Waals surface area (Å²) in [6, 6.07) is 0. The van der Waals surface area contributed by atoms with E-state index >= 15 is 0 Å². The third-order valence-corrected chi connectivity index (χ3v) is 9.52. The van der Waals surface area contributed by atoms with Gasteiger partial charge in [-0.15, -0.1) is 0 Å². The molecular formula is C15H29OP. The zero-order valence-corrected chi connectivity index (χ0v) is 12.4.